The molecule has 0 saturated carbocycles. The maximum atomic E-state index is 13.0. The molecule has 4 amide bonds. The molecular formula is C28H47N5O5. The topological polar surface area (TPSA) is 134 Å². The average Bonchev–Trinajstić information content (AvgIpc) is 3.19. The standard InChI is InChI=1S/C19H36N4O4.C9H11NO/c1-8-12(2)16(17(25)23-10-14(20)9-13(23)3)21-15(24)11-22(7)18(26)27-19(4,5)6;1-8(10-7-11)9-5-3-2-4-6-9/h12-14,16H,8-11,20H2,1-7H3,(H,21,24);2-8H,1H3,(H,10,11)/t12-,13?,14?,16?;/m0./s1. The highest BCUT2D eigenvalue weighted by atomic mass is 16.6. The Labute approximate surface area is 227 Å². The minimum Gasteiger partial charge on any atom is -0.444 e. The van der Waals surface area contributed by atoms with Crippen LogP contribution in [0.4, 0.5) is 4.79 Å². The zero-order chi connectivity index (χ0) is 29.0. The molecule has 10 nitrogen and oxygen atoms in total. The molecule has 1 aliphatic heterocycles. The molecule has 1 aliphatic rings. The Kier molecular flexibility index (Phi) is 13.3. The van der Waals surface area contributed by atoms with Crippen LogP contribution in [0.25, 0.3) is 0 Å². The van der Waals surface area contributed by atoms with E-state index >= 15 is 0 Å². The van der Waals surface area contributed by atoms with Gasteiger partial charge in [-0.25, -0.2) is 4.79 Å². The van der Waals surface area contributed by atoms with Crippen LogP contribution in [-0.4, -0.2) is 78.0 Å². The average molecular weight is 534 g/mol. The molecule has 0 spiro atoms. The number of likely N-dealkylation sites (tertiary alicyclic amines) is 1. The molecule has 4 unspecified atom stereocenters. The van der Waals surface area contributed by atoms with E-state index in [4.69, 9.17) is 10.5 Å². The minimum absolute atomic E-state index is 0.0303. The molecule has 0 radical (unpaired) electrons. The van der Waals surface area contributed by atoms with Gasteiger partial charge in [0, 0.05) is 25.7 Å². The Bertz CT molecular complexity index is 905. The van der Waals surface area contributed by atoms with E-state index in [2.05, 4.69) is 10.6 Å². The van der Waals surface area contributed by atoms with Gasteiger partial charge in [-0.05, 0) is 52.5 Å². The molecule has 1 saturated heterocycles. The zero-order valence-electron chi connectivity index (χ0n) is 24.2. The minimum atomic E-state index is -0.637. The van der Waals surface area contributed by atoms with Crippen LogP contribution in [0, 0.1) is 5.92 Å². The molecule has 0 bridgehead atoms. The van der Waals surface area contributed by atoms with Crippen LogP contribution in [-0.2, 0) is 19.1 Å². The lowest BCUT2D eigenvalue weighted by Crippen LogP contribution is -2.54. The SMILES string of the molecule is CC(NC=O)c1ccccc1.CC[C@H](C)C(NC(=O)CN(C)C(=O)OC(C)(C)C)C(=O)N1CC(N)CC1C. The summed E-state index contributed by atoms with van der Waals surface area (Å²) in [5.74, 6) is -0.534. The van der Waals surface area contributed by atoms with E-state index in [0.29, 0.717) is 6.54 Å². The predicted molar refractivity (Wildman–Crippen MR) is 148 cm³/mol. The molecule has 4 N–H and O–H groups in total. The summed E-state index contributed by atoms with van der Waals surface area (Å²) >= 11 is 0. The Morgan fingerprint density at radius 1 is 1.21 bits per heavy atom. The van der Waals surface area contributed by atoms with Crippen molar-refractivity contribution in [2.45, 2.75) is 91.1 Å². The summed E-state index contributed by atoms with van der Waals surface area (Å²) < 4.78 is 5.25. The van der Waals surface area contributed by atoms with Crippen molar-refractivity contribution in [3.8, 4) is 0 Å². The van der Waals surface area contributed by atoms with Gasteiger partial charge in [-0.1, -0.05) is 50.6 Å². The zero-order valence-corrected chi connectivity index (χ0v) is 24.2. The molecule has 2 rings (SSSR count). The first-order chi connectivity index (χ1) is 17.7. The first kappa shape index (κ1) is 32.9. The molecule has 0 aliphatic carbocycles. The summed E-state index contributed by atoms with van der Waals surface area (Å²) in [5.41, 5.74) is 6.46. The van der Waals surface area contributed by atoms with Crippen molar-refractivity contribution >= 4 is 24.3 Å². The van der Waals surface area contributed by atoms with Crippen molar-refractivity contribution in [1.29, 1.82) is 0 Å². The normalized spacial score (nSPS) is 19.2. The van der Waals surface area contributed by atoms with Crippen molar-refractivity contribution in [3.63, 3.8) is 0 Å². The lowest BCUT2D eigenvalue weighted by Gasteiger charge is -2.31. The lowest BCUT2D eigenvalue weighted by atomic mass is 9.97. The number of nitrogens with two attached hydrogens (primary N) is 1. The van der Waals surface area contributed by atoms with Gasteiger partial charge in [0.15, 0.2) is 0 Å². The van der Waals surface area contributed by atoms with E-state index < -0.39 is 23.6 Å². The fourth-order valence-electron chi connectivity index (χ4n) is 4.02. The van der Waals surface area contributed by atoms with Crippen LogP contribution in [0.15, 0.2) is 30.3 Å². The number of hydrogen-bond donors (Lipinski definition) is 3. The third kappa shape index (κ3) is 11.1. The number of nitrogens with zero attached hydrogens (tertiary/aromatic N) is 2. The number of rotatable bonds is 9. The van der Waals surface area contributed by atoms with Gasteiger partial charge in [0.05, 0.1) is 6.04 Å². The van der Waals surface area contributed by atoms with Gasteiger partial charge in [-0.3, -0.25) is 14.4 Å². The predicted octanol–water partition coefficient (Wildman–Crippen LogP) is 2.83. The van der Waals surface area contributed by atoms with Crippen molar-refractivity contribution < 1.29 is 23.9 Å². The molecule has 1 aromatic rings. The second-order valence-electron chi connectivity index (χ2n) is 11.0. The first-order valence-corrected chi connectivity index (χ1v) is 13.2. The smallest absolute Gasteiger partial charge is 0.410 e. The third-order valence-corrected chi connectivity index (χ3v) is 6.39. The molecular weight excluding hydrogens is 486 g/mol. The van der Waals surface area contributed by atoms with Gasteiger partial charge in [0.1, 0.15) is 18.2 Å². The number of likely N-dealkylation sites (N-methyl/N-ethyl adjacent to an activating group) is 1. The maximum Gasteiger partial charge on any atom is 0.410 e. The molecule has 10 heteroatoms. The highest BCUT2D eigenvalue weighted by Crippen LogP contribution is 2.20. The van der Waals surface area contributed by atoms with Crippen LogP contribution in [0.3, 0.4) is 0 Å². The van der Waals surface area contributed by atoms with Gasteiger partial charge in [-0.15, -0.1) is 0 Å². The number of carbonyl (C=O) groups is 4. The molecule has 1 aromatic carbocycles. The largest absolute Gasteiger partial charge is 0.444 e. The number of nitrogens with one attached hydrogen (secondary N) is 2. The summed E-state index contributed by atoms with van der Waals surface area (Å²) in [6, 6.07) is 9.34. The van der Waals surface area contributed by atoms with Crippen LogP contribution in [0.2, 0.25) is 0 Å². The second-order valence-corrected chi connectivity index (χ2v) is 11.0. The van der Waals surface area contributed by atoms with Gasteiger partial charge >= 0.3 is 6.09 Å². The number of ether oxygens (including phenoxy) is 1. The maximum absolute atomic E-state index is 13.0. The number of carbonyl (C=O) groups excluding carboxylic acids is 4. The molecule has 38 heavy (non-hydrogen) atoms. The Hall–Kier alpha value is -3.14. The van der Waals surface area contributed by atoms with Crippen molar-refractivity contribution in [3.05, 3.63) is 35.9 Å². The fraction of sp³-hybridized carbons (Fsp3) is 0.643. The van der Waals surface area contributed by atoms with E-state index in [0.717, 1.165) is 24.8 Å². The van der Waals surface area contributed by atoms with E-state index in [9.17, 15) is 19.2 Å². The first-order valence-electron chi connectivity index (χ1n) is 13.2. The highest BCUT2D eigenvalue weighted by Gasteiger charge is 2.37. The van der Waals surface area contributed by atoms with E-state index in [1.54, 1.807) is 25.7 Å². The summed E-state index contributed by atoms with van der Waals surface area (Å²) in [6.07, 6.45) is 1.64. The van der Waals surface area contributed by atoms with Crippen molar-refractivity contribution in [2.75, 3.05) is 20.1 Å². The molecule has 1 heterocycles. The van der Waals surface area contributed by atoms with Gasteiger partial charge in [0.2, 0.25) is 18.2 Å². The van der Waals surface area contributed by atoms with Crippen LogP contribution >= 0.6 is 0 Å². The Morgan fingerprint density at radius 2 is 1.82 bits per heavy atom. The Balaban J connectivity index is 0.000000544. The summed E-state index contributed by atoms with van der Waals surface area (Å²) in [7, 11) is 1.50. The van der Waals surface area contributed by atoms with Crippen molar-refractivity contribution in [2.24, 2.45) is 11.7 Å². The quantitative estimate of drug-likeness (QED) is 0.418. The van der Waals surface area contributed by atoms with E-state index in [1.807, 2.05) is 58.0 Å². The third-order valence-electron chi connectivity index (χ3n) is 6.39. The molecule has 0 aromatic heterocycles. The summed E-state index contributed by atoms with van der Waals surface area (Å²) in [4.78, 5) is 50.5. The van der Waals surface area contributed by atoms with Crippen LogP contribution in [0.1, 0.15) is 72.9 Å². The fourth-order valence-corrected chi connectivity index (χ4v) is 4.02. The van der Waals surface area contributed by atoms with E-state index in [1.165, 1.54) is 11.9 Å². The summed E-state index contributed by atoms with van der Waals surface area (Å²) in [5, 5.41) is 5.49. The molecule has 214 valence electrons. The lowest BCUT2D eigenvalue weighted by molar-refractivity contribution is -0.138. The van der Waals surface area contributed by atoms with Gasteiger partial charge in [-0.2, -0.15) is 0 Å². The monoisotopic (exact) mass is 533 g/mol. The number of hydrogen-bond acceptors (Lipinski definition) is 6. The molecule has 5 atom stereocenters. The highest BCUT2D eigenvalue weighted by molar-refractivity contribution is 5.90. The van der Waals surface area contributed by atoms with Gasteiger partial charge < -0.3 is 30.9 Å². The van der Waals surface area contributed by atoms with Crippen LogP contribution in [0.5, 0.6) is 0 Å². The van der Waals surface area contributed by atoms with Crippen LogP contribution < -0.4 is 16.4 Å². The molecule has 1 fully saturated rings. The number of benzene rings is 1. The Morgan fingerprint density at radius 3 is 2.29 bits per heavy atom. The van der Waals surface area contributed by atoms with E-state index in [-0.39, 0.29) is 36.5 Å². The second kappa shape index (κ2) is 15.3. The number of amides is 4. The summed E-state index contributed by atoms with van der Waals surface area (Å²) in [6.45, 7) is 13.4. The van der Waals surface area contributed by atoms with Crippen molar-refractivity contribution in [1.82, 2.24) is 20.4 Å². The van der Waals surface area contributed by atoms with Gasteiger partial charge in [0.25, 0.3) is 0 Å².